The summed E-state index contributed by atoms with van der Waals surface area (Å²) < 4.78 is 5.13. The monoisotopic (exact) mass is 321 g/mol. The third kappa shape index (κ3) is 3.54. The molecule has 0 atom stereocenters. The summed E-state index contributed by atoms with van der Waals surface area (Å²) in [5.74, 6) is -0.732. The van der Waals surface area contributed by atoms with Crippen LogP contribution < -0.4 is 0 Å². The molecule has 0 aliphatic carbocycles. The second-order valence-electron chi connectivity index (χ2n) is 5.72. The summed E-state index contributed by atoms with van der Waals surface area (Å²) in [6.07, 6.45) is 2.05. The van der Waals surface area contributed by atoms with Crippen LogP contribution in [0.15, 0.2) is 54.6 Å². The molecule has 0 aliphatic heterocycles. The van der Waals surface area contributed by atoms with Crippen LogP contribution in [0.2, 0.25) is 0 Å². The second-order valence-corrected chi connectivity index (χ2v) is 5.72. The lowest BCUT2D eigenvalue weighted by Gasteiger charge is -2.04. The molecule has 0 aliphatic rings. The first-order valence-corrected chi connectivity index (χ1v) is 8.04. The molecule has 1 heterocycles. The maximum Gasteiger partial charge on any atom is 0.355 e. The molecule has 2 aromatic carbocycles. The summed E-state index contributed by atoms with van der Waals surface area (Å²) in [5, 5.41) is 0.933. The lowest BCUT2D eigenvalue weighted by Crippen LogP contribution is -2.14. The number of aromatic nitrogens is 1. The Kier molecular flexibility index (Phi) is 4.75. The number of hydrogen-bond donors (Lipinski definition) is 1. The Labute approximate surface area is 140 Å². The molecule has 24 heavy (non-hydrogen) atoms. The molecule has 1 aromatic heterocycles. The number of rotatable bonds is 6. The van der Waals surface area contributed by atoms with Crippen molar-refractivity contribution in [2.75, 3.05) is 6.61 Å². The van der Waals surface area contributed by atoms with Crippen LogP contribution in [-0.2, 0) is 11.2 Å². The SMILES string of the molecule is CCCc1ccc(C(=O)COC(=O)c2cc3ccccc3[nH]2)cc1. The van der Waals surface area contributed by atoms with Crippen LogP contribution in [-0.4, -0.2) is 23.3 Å². The largest absolute Gasteiger partial charge is 0.453 e. The molecule has 0 bridgehead atoms. The smallest absolute Gasteiger partial charge is 0.355 e. The summed E-state index contributed by atoms with van der Waals surface area (Å²) in [7, 11) is 0. The fourth-order valence-corrected chi connectivity index (χ4v) is 2.62. The maximum atomic E-state index is 12.1. The number of H-pyrrole nitrogens is 1. The third-order valence-electron chi connectivity index (χ3n) is 3.90. The molecule has 0 saturated heterocycles. The first kappa shape index (κ1) is 16.0. The van der Waals surface area contributed by atoms with Gasteiger partial charge in [0.1, 0.15) is 5.69 Å². The van der Waals surface area contributed by atoms with E-state index in [-0.39, 0.29) is 12.4 Å². The van der Waals surface area contributed by atoms with E-state index < -0.39 is 5.97 Å². The summed E-state index contributed by atoms with van der Waals surface area (Å²) in [6.45, 7) is 1.85. The number of ketones is 1. The van der Waals surface area contributed by atoms with Gasteiger partial charge in [-0.2, -0.15) is 0 Å². The molecule has 4 heteroatoms. The quantitative estimate of drug-likeness (QED) is 0.548. The number of aryl methyl sites for hydroxylation is 1. The van der Waals surface area contributed by atoms with E-state index in [1.807, 2.05) is 36.4 Å². The van der Waals surface area contributed by atoms with E-state index in [0.717, 1.165) is 23.7 Å². The number of carbonyl (C=O) groups is 2. The van der Waals surface area contributed by atoms with E-state index >= 15 is 0 Å². The van der Waals surface area contributed by atoms with Gasteiger partial charge in [-0.15, -0.1) is 0 Å². The molecular weight excluding hydrogens is 302 g/mol. The number of carbonyl (C=O) groups excluding carboxylic acids is 2. The first-order chi connectivity index (χ1) is 11.7. The number of nitrogens with one attached hydrogen (secondary N) is 1. The van der Waals surface area contributed by atoms with Crippen molar-refractivity contribution in [1.82, 2.24) is 4.98 Å². The number of aromatic amines is 1. The molecule has 3 rings (SSSR count). The minimum absolute atomic E-state index is 0.206. The normalized spacial score (nSPS) is 10.7. The minimum atomic E-state index is -0.526. The van der Waals surface area contributed by atoms with Crippen molar-refractivity contribution >= 4 is 22.7 Å². The second kappa shape index (κ2) is 7.13. The first-order valence-electron chi connectivity index (χ1n) is 8.04. The molecule has 122 valence electrons. The van der Waals surface area contributed by atoms with Crippen LogP contribution in [0, 0.1) is 0 Å². The molecule has 0 amide bonds. The highest BCUT2D eigenvalue weighted by atomic mass is 16.5. The van der Waals surface area contributed by atoms with Gasteiger partial charge in [0.2, 0.25) is 0 Å². The van der Waals surface area contributed by atoms with Crippen molar-refractivity contribution in [2.45, 2.75) is 19.8 Å². The van der Waals surface area contributed by atoms with Crippen LogP contribution in [0.3, 0.4) is 0 Å². The molecule has 1 N–H and O–H groups in total. The fourth-order valence-electron chi connectivity index (χ4n) is 2.62. The summed E-state index contributed by atoms with van der Waals surface area (Å²) in [4.78, 5) is 27.2. The van der Waals surface area contributed by atoms with E-state index in [4.69, 9.17) is 4.74 Å². The number of Topliss-reactive ketones (excluding diaryl/α,β-unsaturated/α-hetero) is 1. The van der Waals surface area contributed by atoms with Gasteiger partial charge < -0.3 is 9.72 Å². The van der Waals surface area contributed by atoms with Crippen molar-refractivity contribution < 1.29 is 14.3 Å². The van der Waals surface area contributed by atoms with E-state index in [1.54, 1.807) is 18.2 Å². The maximum absolute atomic E-state index is 12.1. The molecule has 0 fully saturated rings. The summed E-state index contributed by atoms with van der Waals surface area (Å²) in [6, 6.07) is 16.7. The lowest BCUT2D eigenvalue weighted by atomic mass is 10.1. The van der Waals surface area contributed by atoms with E-state index in [9.17, 15) is 9.59 Å². The number of ether oxygens (including phenoxy) is 1. The van der Waals surface area contributed by atoms with E-state index in [1.165, 1.54) is 5.56 Å². The standard InChI is InChI=1S/C20H19NO3/c1-2-5-14-8-10-15(11-9-14)19(22)13-24-20(23)18-12-16-6-3-4-7-17(16)21-18/h3-4,6-12,21H,2,5,13H2,1H3. The average molecular weight is 321 g/mol. The number of para-hydroxylation sites is 1. The highest BCUT2D eigenvalue weighted by Gasteiger charge is 2.14. The predicted octanol–water partition coefficient (Wildman–Crippen LogP) is 4.16. The molecular formula is C20H19NO3. The molecule has 0 spiro atoms. The van der Waals surface area contributed by atoms with Crippen LogP contribution in [0.1, 0.15) is 39.8 Å². The summed E-state index contributed by atoms with van der Waals surface area (Å²) in [5.41, 5.74) is 2.97. The molecule has 4 nitrogen and oxygen atoms in total. The van der Waals surface area contributed by atoms with Gasteiger partial charge in [0.15, 0.2) is 12.4 Å². The van der Waals surface area contributed by atoms with Crippen LogP contribution >= 0.6 is 0 Å². The minimum Gasteiger partial charge on any atom is -0.453 e. The van der Waals surface area contributed by atoms with Crippen LogP contribution in [0.4, 0.5) is 0 Å². The Balaban J connectivity index is 1.61. The number of hydrogen-bond acceptors (Lipinski definition) is 3. The van der Waals surface area contributed by atoms with E-state index in [0.29, 0.717) is 11.3 Å². The third-order valence-corrected chi connectivity index (χ3v) is 3.90. The van der Waals surface area contributed by atoms with Gasteiger partial charge >= 0.3 is 5.97 Å². The zero-order chi connectivity index (χ0) is 16.9. The average Bonchev–Trinajstić information content (AvgIpc) is 3.04. The van der Waals surface area contributed by atoms with Crippen molar-refractivity contribution in [3.8, 4) is 0 Å². The molecule has 3 aromatic rings. The zero-order valence-corrected chi connectivity index (χ0v) is 13.5. The Morgan fingerprint density at radius 2 is 1.79 bits per heavy atom. The highest BCUT2D eigenvalue weighted by Crippen LogP contribution is 2.15. The van der Waals surface area contributed by atoms with E-state index in [2.05, 4.69) is 11.9 Å². The Bertz CT molecular complexity index is 829. The lowest BCUT2D eigenvalue weighted by molar-refractivity contribution is 0.0470. The topological polar surface area (TPSA) is 59.2 Å². The number of fused-ring (bicyclic) bond motifs is 1. The van der Waals surface area contributed by atoms with Crippen molar-refractivity contribution in [3.63, 3.8) is 0 Å². The van der Waals surface area contributed by atoms with Crippen LogP contribution in [0.25, 0.3) is 10.9 Å². The van der Waals surface area contributed by atoms with Gasteiger partial charge in [-0.1, -0.05) is 55.8 Å². The van der Waals surface area contributed by atoms with Gasteiger partial charge in [0, 0.05) is 16.5 Å². The van der Waals surface area contributed by atoms with Gasteiger partial charge in [-0.05, 0) is 24.1 Å². The molecule has 0 saturated carbocycles. The van der Waals surface area contributed by atoms with Gasteiger partial charge in [-0.25, -0.2) is 4.79 Å². The summed E-state index contributed by atoms with van der Waals surface area (Å²) >= 11 is 0. The van der Waals surface area contributed by atoms with Crippen LogP contribution in [0.5, 0.6) is 0 Å². The van der Waals surface area contributed by atoms with Crippen molar-refractivity contribution in [3.05, 3.63) is 71.4 Å². The number of benzene rings is 2. The van der Waals surface area contributed by atoms with Gasteiger partial charge in [-0.3, -0.25) is 4.79 Å². The van der Waals surface area contributed by atoms with Gasteiger partial charge in [0.05, 0.1) is 0 Å². The highest BCUT2D eigenvalue weighted by molar-refractivity contribution is 6.00. The Morgan fingerprint density at radius 1 is 1.04 bits per heavy atom. The molecule has 0 radical (unpaired) electrons. The Hall–Kier alpha value is -2.88. The predicted molar refractivity (Wildman–Crippen MR) is 93.3 cm³/mol. The van der Waals surface area contributed by atoms with Gasteiger partial charge in [0.25, 0.3) is 0 Å². The zero-order valence-electron chi connectivity index (χ0n) is 13.5. The fraction of sp³-hybridized carbons (Fsp3) is 0.200. The number of esters is 1. The van der Waals surface area contributed by atoms with Crippen molar-refractivity contribution in [1.29, 1.82) is 0 Å². The Morgan fingerprint density at radius 3 is 2.50 bits per heavy atom. The van der Waals surface area contributed by atoms with Crippen molar-refractivity contribution in [2.24, 2.45) is 0 Å². The molecule has 0 unspecified atom stereocenters.